The third-order valence-electron chi connectivity index (χ3n) is 3.44. The summed E-state index contributed by atoms with van der Waals surface area (Å²) < 4.78 is 0. The third-order valence-corrected chi connectivity index (χ3v) is 3.44. The molecule has 0 saturated heterocycles. The van der Waals surface area contributed by atoms with Gasteiger partial charge < -0.3 is 9.80 Å². The number of fused-ring (bicyclic) bond motifs is 2. The van der Waals surface area contributed by atoms with Gasteiger partial charge in [0, 0.05) is 40.6 Å². The van der Waals surface area contributed by atoms with E-state index < -0.39 is 0 Å². The van der Waals surface area contributed by atoms with Crippen LogP contribution in [0.1, 0.15) is 19.3 Å². The van der Waals surface area contributed by atoms with Gasteiger partial charge in [-0.3, -0.25) is 0 Å². The van der Waals surface area contributed by atoms with Gasteiger partial charge in [-0.2, -0.15) is 0 Å². The molecule has 0 radical (unpaired) electrons. The number of nitrogens with zero attached hydrogens (tertiary/aromatic N) is 2. The molecule has 2 heteroatoms. The van der Waals surface area contributed by atoms with Crippen LogP contribution in [0.3, 0.4) is 0 Å². The summed E-state index contributed by atoms with van der Waals surface area (Å²) in [6, 6.07) is 0. The molecular weight excluding hydrogens is 184 g/mol. The number of allylic oxidation sites excluding steroid dienone is 2. The molecule has 0 aromatic rings. The van der Waals surface area contributed by atoms with Crippen LogP contribution >= 0.6 is 0 Å². The molecule has 0 aromatic heterocycles. The average Bonchev–Trinajstić information content (AvgIpc) is 2.67. The SMILES string of the molecule is CN(C)/C=C1/C(=C/N(C)C)[C@H]2CC[C@@H]1C2. The molecule has 0 amide bonds. The van der Waals surface area contributed by atoms with Gasteiger partial charge in [0.25, 0.3) is 0 Å². The fourth-order valence-electron chi connectivity index (χ4n) is 2.93. The highest BCUT2D eigenvalue weighted by atomic mass is 15.0. The molecule has 0 unspecified atom stereocenters. The summed E-state index contributed by atoms with van der Waals surface area (Å²) in [5.74, 6) is 1.67. The lowest BCUT2D eigenvalue weighted by Crippen LogP contribution is -2.12. The molecule has 0 N–H and O–H groups in total. The lowest BCUT2D eigenvalue weighted by molar-refractivity contribution is 0.526. The van der Waals surface area contributed by atoms with Gasteiger partial charge in [0.05, 0.1) is 0 Å². The molecule has 0 aliphatic heterocycles. The van der Waals surface area contributed by atoms with Gasteiger partial charge in [-0.05, 0) is 42.2 Å². The highest BCUT2D eigenvalue weighted by Gasteiger charge is 2.39. The van der Waals surface area contributed by atoms with Crippen molar-refractivity contribution in [2.75, 3.05) is 28.2 Å². The maximum absolute atomic E-state index is 2.32. The molecule has 84 valence electrons. The molecule has 2 atom stereocenters. The second-order valence-corrected chi connectivity index (χ2v) is 5.30. The standard InChI is InChI=1S/C13H22N2/c1-14(2)8-12-10-5-6-11(7-10)13(12)9-15(3)4/h8-11H,5-7H2,1-4H3/b12-8+,13-9+/t10-,11+. The molecule has 2 saturated carbocycles. The Bertz CT molecular complexity index is 270. The Labute approximate surface area is 93.2 Å². The van der Waals surface area contributed by atoms with Gasteiger partial charge in [0.1, 0.15) is 0 Å². The number of rotatable bonds is 2. The Balaban J connectivity index is 2.28. The fourth-order valence-corrected chi connectivity index (χ4v) is 2.93. The van der Waals surface area contributed by atoms with Crippen molar-refractivity contribution in [1.82, 2.24) is 9.80 Å². The smallest absolute Gasteiger partial charge is 0.00557 e. The van der Waals surface area contributed by atoms with Crippen molar-refractivity contribution in [3.8, 4) is 0 Å². The van der Waals surface area contributed by atoms with Crippen LogP contribution in [0.15, 0.2) is 23.5 Å². The van der Waals surface area contributed by atoms with Gasteiger partial charge in [0.15, 0.2) is 0 Å². The van der Waals surface area contributed by atoms with E-state index in [2.05, 4.69) is 50.4 Å². The van der Waals surface area contributed by atoms with Crippen molar-refractivity contribution in [1.29, 1.82) is 0 Å². The molecule has 2 bridgehead atoms. The molecule has 2 aliphatic rings. The summed E-state index contributed by atoms with van der Waals surface area (Å²) in [5, 5.41) is 0. The van der Waals surface area contributed by atoms with E-state index in [9.17, 15) is 0 Å². The predicted octanol–water partition coefficient (Wildman–Crippen LogP) is 2.31. The van der Waals surface area contributed by atoms with Crippen LogP contribution in [-0.4, -0.2) is 38.0 Å². The first-order chi connectivity index (χ1) is 7.08. The van der Waals surface area contributed by atoms with E-state index in [0.29, 0.717) is 0 Å². The zero-order valence-corrected chi connectivity index (χ0v) is 10.3. The highest BCUT2D eigenvalue weighted by molar-refractivity contribution is 5.41. The Morgan fingerprint density at radius 3 is 1.60 bits per heavy atom. The average molecular weight is 206 g/mol. The van der Waals surface area contributed by atoms with Gasteiger partial charge in [0.2, 0.25) is 0 Å². The fraction of sp³-hybridized carbons (Fsp3) is 0.692. The van der Waals surface area contributed by atoms with Gasteiger partial charge in [-0.1, -0.05) is 0 Å². The molecule has 2 aliphatic carbocycles. The summed E-state index contributed by atoms with van der Waals surface area (Å²) in [7, 11) is 8.47. The van der Waals surface area contributed by atoms with Crippen LogP contribution in [0.5, 0.6) is 0 Å². The van der Waals surface area contributed by atoms with E-state index in [1.165, 1.54) is 19.3 Å². The molecule has 2 rings (SSSR count). The maximum Gasteiger partial charge on any atom is 0.00557 e. The quantitative estimate of drug-likeness (QED) is 0.684. The predicted molar refractivity (Wildman–Crippen MR) is 64.4 cm³/mol. The molecular formula is C13H22N2. The first-order valence-electron chi connectivity index (χ1n) is 5.84. The van der Waals surface area contributed by atoms with Gasteiger partial charge in [-0.25, -0.2) is 0 Å². The summed E-state index contributed by atoms with van der Waals surface area (Å²) in [6.45, 7) is 0. The molecule has 0 spiro atoms. The zero-order valence-electron chi connectivity index (χ0n) is 10.3. The lowest BCUT2D eigenvalue weighted by Gasteiger charge is -2.21. The van der Waals surface area contributed by atoms with E-state index in [1.54, 1.807) is 11.1 Å². The number of hydrogen-bond donors (Lipinski definition) is 0. The van der Waals surface area contributed by atoms with Crippen molar-refractivity contribution < 1.29 is 0 Å². The monoisotopic (exact) mass is 206 g/mol. The molecule has 15 heavy (non-hydrogen) atoms. The second kappa shape index (κ2) is 3.92. The van der Waals surface area contributed by atoms with E-state index in [0.717, 1.165) is 11.8 Å². The number of hydrogen-bond acceptors (Lipinski definition) is 2. The maximum atomic E-state index is 2.32. The summed E-state index contributed by atoms with van der Waals surface area (Å²) in [4.78, 5) is 4.36. The summed E-state index contributed by atoms with van der Waals surface area (Å²) >= 11 is 0. The van der Waals surface area contributed by atoms with Crippen LogP contribution in [0.2, 0.25) is 0 Å². The first-order valence-corrected chi connectivity index (χ1v) is 5.84. The van der Waals surface area contributed by atoms with Gasteiger partial charge >= 0.3 is 0 Å². The van der Waals surface area contributed by atoms with E-state index in [1.807, 2.05) is 0 Å². The zero-order chi connectivity index (χ0) is 11.0. The van der Waals surface area contributed by atoms with Crippen molar-refractivity contribution >= 4 is 0 Å². The first kappa shape index (κ1) is 10.6. The minimum absolute atomic E-state index is 0.837. The third kappa shape index (κ3) is 2.04. The Morgan fingerprint density at radius 1 is 0.867 bits per heavy atom. The summed E-state index contributed by atoms with van der Waals surface area (Å²) in [5.41, 5.74) is 3.18. The van der Waals surface area contributed by atoms with Gasteiger partial charge in [-0.15, -0.1) is 0 Å². The molecule has 2 fully saturated rings. The van der Waals surface area contributed by atoms with Crippen LogP contribution in [0, 0.1) is 11.8 Å². The minimum Gasteiger partial charge on any atom is -0.383 e. The largest absolute Gasteiger partial charge is 0.383 e. The second-order valence-electron chi connectivity index (χ2n) is 5.30. The summed E-state index contributed by atoms with van der Waals surface area (Å²) in [6.07, 6.45) is 8.82. The van der Waals surface area contributed by atoms with Crippen molar-refractivity contribution in [3.63, 3.8) is 0 Å². The topological polar surface area (TPSA) is 6.48 Å². The molecule has 2 nitrogen and oxygen atoms in total. The lowest BCUT2D eigenvalue weighted by atomic mass is 9.90. The van der Waals surface area contributed by atoms with Crippen molar-refractivity contribution in [3.05, 3.63) is 23.5 Å². The Hall–Kier alpha value is -0.920. The van der Waals surface area contributed by atoms with E-state index in [4.69, 9.17) is 0 Å². The van der Waals surface area contributed by atoms with Crippen LogP contribution in [0.4, 0.5) is 0 Å². The van der Waals surface area contributed by atoms with Crippen molar-refractivity contribution in [2.24, 2.45) is 11.8 Å². The minimum atomic E-state index is 0.837. The van der Waals surface area contributed by atoms with Crippen LogP contribution in [0.25, 0.3) is 0 Å². The highest BCUT2D eigenvalue weighted by Crippen LogP contribution is 2.51. The van der Waals surface area contributed by atoms with Crippen LogP contribution < -0.4 is 0 Å². The van der Waals surface area contributed by atoms with E-state index >= 15 is 0 Å². The van der Waals surface area contributed by atoms with Crippen LogP contribution in [-0.2, 0) is 0 Å². The normalized spacial score (nSPS) is 34.1. The van der Waals surface area contributed by atoms with E-state index in [-0.39, 0.29) is 0 Å². The molecule has 0 heterocycles. The van der Waals surface area contributed by atoms with Crippen molar-refractivity contribution in [2.45, 2.75) is 19.3 Å². The Morgan fingerprint density at radius 2 is 1.27 bits per heavy atom. The Kier molecular flexibility index (Phi) is 2.76. The molecule has 0 aromatic carbocycles.